The first kappa shape index (κ1) is 15.3. The van der Waals surface area contributed by atoms with Crippen LogP contribution in [0.3, 0.4) is 0 Å². The van der Waals surface area contributed by atoms with Crippen molar-refractivity contribution in [3.63, 3.8) is 0 Å². The zero-order valence-corrected chi connectivity index (χ0v) is 12.4. The molecule has 0 saturated carbocycles. The molecule has 1 aliphatic heterocycles. The fourth-order valence-corrected chi connectivity index (χ4v) is 3.77. The number of carbonyl (C=O) groups excluding carboxylic acids is 2. The molecule has 2 rings (SSSR count). The normalized spacial score (nSPS) is 19.8. The zero-order valence-electron chi connectivity index (χ0n) is 11.5. The molecule has 0 aliphatic carbocycles. The maximum absolute atomic E-state index is 11.8. The molecule has 3 N–H and O–H groups in total. The molecule has 21 heavy (non-hydrogen) atoms. The van der Waals surface area contributed by atoms with Crippen LogP contribution < -0.4 is 16.0 Å². The number of anilines is 2. The van der Waals surface area contributed by atoms with Crippen molar-refractivity contribution in [3.05, 3.63) is 24.3 Å². The first-order valence-electron chi connectivity index (χ1n) is 6.50. The molecule has 1 aliphatic rings. The molecule has 3 amide bonds. The lowest BCUT2D eigenvalue weighted by molar-refractivity contribution is -0.114. The number of carbonyl (C=O) groups is 2. The largest absolute Gasteiger partial charge is 0.334 e. The molecule has 7 nitrogen and oxygen atoms in total. The summed E-state index contributed by atoms with van der Waals surface area (Å²) in [4.78, 5) is 22.6. The van der Waals surface area contributed by atoms with Crippen LogP contribution in [-0.4, -0.2) is 37.9 Å². The molecule has 1 aromatic rings. The van der Waals surface area contributed by atoms with E-state index < -0.39 is 15.9 Å². The van der Waals surface area contributed by atoms with Gasteiger partial charge in [0, 0.05) is 24.3 Å². The summed E-state index contributed by atoms with van der Waals surface area (Å²) in [5.74, 6) is -0.0680. The van der Waals surface area contributed by atoms with Gasteiger partial charge in [-0.2, -0.15) is 0 Å². The smallest absolute Gasteiger partial charge is 0.319 e. The van der Waals surface area contributed by atoms with Gasteiger partial charge in [-0.15, -0.1) is 0 Å². The molecule has 1 saturated heterocycles. The summed E-state index contributed by atoms with van der Waals surface area (Å²) >= 11 is 0. The zero-order chi connectivity index (χ0) is 15.5. The summed E-state index contributed by atoms with van der Waals surface area (Å²) in [5, 5.41) is 7.87. The third kappa shape index (κ3) is 4.75. The standard InChI is InChI=1S/C13H17N3O4S/c1-9(17)14-10-2-4-11(5-3-10)15-13(18)16-12-6-7-21(19,20)8-12/h2-5,12H,6-8H2,1H3,(H,14,17)(H2,15,16,18). The fraction of sp³-hybridized carbons (Fsp3) is 0.385. The molecule has 1 atom stereocenters. The fourth-order valence-electron chi connectivity index (χ4n) is 2.10. The Kier molecular flexibility index (Phi) is 4.46. The van der Waals surface area contributed by atoms with Crippen LogP contribution in [0.2, 0.25) is 0 Å². The van der Waals surface area contributed by atoms with E-state index in [1.165, 1.54) is 6.92 Å². The number of amides is 3. The Balaban J connectivity index is 1.86. The van der Waals surface area contributed by atoms with Gasteiger partial charge < -0.3 is 16.0 Å². The maximum atomic E-state index is 11.8. The van der Waals surface area contributed by atoms with Gasteiger partial charge in [0.1, 0.15) is 0 Å². The Labute approximate surface area is 123 Å². The van der Waals surface area contributed by atoms with Crippen molar-refractivity contribution in [1.82, 2.24) is 5.32 Å². The van der Waals surface area contributed by atoms with E-state index in [0.29, 0.717) is 17.8 Å². The second-order valence-electron chi connectivity index (χ2n) is 4.96. The van der Waals surface area contributed by atoms with Crippen molar-refractivity contribution in [3.8, 4) is 0 Å². The van der Waals surface area contributed by atoms with Gasteiger partial charge in [0.25, 0.3) is 0 Å². The van der Waals surface area contributed by atoms with Crippen LogP contribution in [0.15, 0.2) is 24.3 Å². The van der Waals surface area contributed by atoms with Crippen LogP contribution in [0.25, 0.3) is 0 Å². The quantitative estimate of drug-likeness (QED) is 0.773. The highest BCUT2D eigenvalue weighted by Gasteiger charge is 2.28. The minimum Gasteiger partial charge on any atom is -0.334 e. The third-order valence-electron chi connectivity index (χ3n) is 3.03. The van der Waals surface area contributed by atoms with Crippen molar-refractivity contribution in [1.29, 1.82) is 0 Å². The number of hydrogen-bond donors (Lipinski definition) is 3. The van der Waals surface area contributed by atoms with Crippen LogP contribution in [0, 0.1) is 0 Å². The van der Waals surface area contributed by atoms with Crippen LogP contribution in [0.1, 0.15) is 13.3 Å². The van der Waals surface area contributed by atoms with E-state index >= 15 is 0 Å². The van der Waals surface area contributed by atoms with Gasteiger partial charge >= 0.3 is 6.03 Å². The highest BCUT2D eigenvalue weighted by molar-refractivity contribution is 7.91. The molecule has 0 aromatic heterocycles. The highest BCUT2D eigenvalue weighted by atomic mass is 32.2. The first-order chi connectivity index (χ1) is 9.84. The van der Waals surface area contributed by atoms with Crippen molar-refractivity contribution >= 4 is 33.2 Å². The molecular weight excluding hydrogens is 294 g/mol. The van der Waals surface area contributed by atoms with E-state index in [-0.39, 0.29) is 23.5 Å². The molecular formula is C13H17N3O4S. The molecule has 114 valence electrons. The van der Waals surface area contributed by atoms with Crippen molar-refractivity contribution < 1.29 is 18.0 Å². The predicted octanol–water partition coefficient (Wildman–Crippen LogP) is 0.954. The van der Waals surface area contributed by atoms with Crippen molar-refractivity contribution in [2.24, 2.45) is 0 Å². The van der Waals surface area contributed by atoms with Gasteiger partial charge in [-0.1, -0.05) is 0 Å². The van der Waals surface area contributed by atoms with Crippen LogP contribution in [0.5, 0.6) is 0 Å². The van der Waals surface area contributed by atoms with E-state index in [9.17, 15) is 18.0 Å². The lowest BCUT2D eigenvalue weighted by atomic mass is 10.2. The molecule has 1 unspecified atom stereocenters. The van der Waals surface area contributed by atoms with Gasteiger partial charge in [0.2, 0.25) is 5.91 Å². The summed E-state index contributed by atoms with van der Waals surface area (Å²) < 4.78 is 22.6. The first-order valence-corrected chi connectivity index (χ1v) is 8.32. The molecule has 1 heterocycles. The summed E-state index contributed by atoms with van der Waals surface area (Å²) in [6.07, 6.45) is 0.442. The summed E-state index contributed by atoms with van der Waals surface area (Å²) in [7, 11) is -3.01. The Morgan fingerprint density at radius 1 is 1.10 bits per heavy atom. The minimum absolute atomic E-state index is 0.0120. The van der Waals surface area contributed by atoms with Crippen molar-refractivity contribution in [2.45, 2.75) is 19.4 Å². The van der Waals surface area contributed by atoms with Gasteiger partial charge in [0.05, 0.1) is 11.5 Å². The summed E-state index contributed by atoms with van der Waals surface area (Å²) in [6, 6.07) is 5.85. The Morgan fingerprint density at radius 2 is 1.67 bits per heavy atom. The Hall–Kier alpha value is -2.09. The summed E-state index contributed by atoms with van der Waals surface area (Å²) in [5.41, 5.74) is 1.19. The number of nitrogens with one attached hydrogen (secondary N) is 3. The Bertz CT molecular complexity index is 640. The molecule has 0 bridgehead atoms. The van der Waals surface area contributed by atoms with E-state index in [0.717, 1.165) is 0 Å². The number of benzene rings is 1. The molecule has 0 spiro atoms. The SMILES string of the molecule is CC(=O)Nc1ccc(NC(=O)NC2CCS(=O)(=O)C2)cc1. The Morgan fingerprint density at radius 3 is 2.14 bits per heavy atom. The second kappa shape index (κ2) is 6.13. The van der Waals surface area contributed by atoms with Gasteiger partial charge in [-0.25, -0.2) is 13.2 Å². The number of rotatable bonds is 3. The number of sulfone groups is 1. The number of hydrogen-bond acceptors (Lipinski definition) is 4. The maximum Gasteiger partial charge on any atom is 0.319 e. The van der Waals surface area contributed by atoms with E-state index in [1.54, 1.807) is 24.3 Å². The average Bonchev–Trinajstić information content (AvgIpc) is 2.70. The van der Waals surface area contributed by atoms with Crippen LogP contribution in [-0.2, 0) is 14.6 Å². The van der Waals surface area contributed by atoms with Gasteiger partial charge in [-0.3, -0.25) is 4.79 Å². The third-order valence-corrected chi connectivity index (χ3v) is 4.80. The monoisotopic (exact) mass is 311 g/mol. The molecule has 8 heteroatoms. The highest BCUT2D eigenvalue weighted by Crippen LogP contribution is 2.14. The van der Waals surface area contributed by atoms with Gasteiger partial charge in [0.15, 0.2) is 9.84 Å². The number of urea groups is 1. The topological polar surface area (TPSA) is 104 Å². The average molecular weight is 311 g/mol. The van der Waals surface area contributed by atoms with Gasteiger partial charge in [-0.05, 0) is 30.7 Å². The molecule has 1 aromatic carbocycles. The van der Waals surface area contributed by atoms with Crippen LogP contribution in [0.4, 0.5) is 16.2 Å². The lowest BCUT2D eigenvalue weighted by Gasteiger charge is -2.12. The van der Waals surface area contributed by atoms with E-state index in [1.807, 2.05) is 0 Å². The second-order valence-corrected chi connectivity index (χ2v) is 7.19. The van der Waals surface area contributed by atoms with E-state index in [2.05, 4.69) is 16.0 Å². The van der Waals surface area contributed by atoms with E-state index in [4.69, 9.17) is 0 Å². The lowest BCUT2D eigenvalue weighted by Crippen LogP contribution is -2.38. The van der Waals surface area contributed by atoms with Crippen molar-refractivity contribution in [2.75, 3.05) is 22.1 Å². The minimum atomic E-state index is -3.01. The molecule has 1 fully saturated rings. The van der Waals surface area contributed by atoms with Crippen LogP contribution >= 0.6 is 0 Å². The molecule has 0 radical (unpaired) electrons. The predicted molar refractivity (Wildman–Crippen MR) is 80.0 cm³/mol. The summed E-state index contributed by atoms with van der Waals surface area (Å²) in [6.45, 7) is 1.41.